The van der Waals surface area contributed by atoms with Crippen LogP contribution in [-0.2, 0) is 6.54 Å². The van der Waals surface area contributed by atoms with E-state index in [4.69, 9.17) is 4.74 Å². The van der Waals surface area contributed by atoms with Crippen LogP contribution in [0.5, 0.6) is 5.75 Å². The third-order valence-electron chi connectivity index (χ3n) is 3.58. The molecule has 19 heavy (non-hydrogen) atoms. The molecule has 1 heterocycles. The smallest absolute Gasteiger partial charge is 0.142 e. The van der Waals surface area contributed by atoms with Gasteiger partial charge in [0.05, 0.1) is 12.3 Å². The number of ether oxygens (including phenoxy) is 1. The number of aromatic nitrogens is 1. The van der Waals surface area contributed by atoms with Gasteiger partial charge in [-0.15, -0.1) is 0 Å². The van der Waals surface area contributed by atoms with Crippen LogP contribution >= 0.6 is 0 Å². The Morgan fingerprint density at radius 2 is 2.11 bits per heavy atom. The van der Waals surface area contributed by atoms with Crippen LogP contribution in [0.25, 0.3) is 0 Å². The van der Waals surface area contributed by atoms with Crippen molar-refractivity contribution >= 4 is 0 Å². The molecular weight excluding hydrogens is 236 g/mol. The van der Waals surface area contributed by atoms with Gasteiger partial charge in [0, 0.05) is 18.3 Å². The first-order valence-corrected chi connectivity index (χ1v) is 7.56. The zero-order chi connectivity index (χ0) is 13.5. The molecule has 0 bridgehead atoms. The highest BCUT2D eigenvalue weighted by molar-refractivity contribution is 5.29. The van der Waals surface area contributed by atoms with Gasteiger partial charge in [-0.25, -0.2) is 0 Å². The topological polar surface area (TPSA) is 34.2 Å². The van der Waals surface area contributed by atoms with Crippen molar-refractivity contribution in [3.63, 3.8) is 0 Å². The zero-order valence-electron chi connectivity index (χ0n) is 12.2. The van der Waals surface area contributed by atoms with E-state index in [-0.39, 0.29) is 0 Å². The molecule has 3 nitrogen and oxygen atoms in total. The quantitative estimate of drug-likeness (QED) is 0.851. The molecule has 0 aromatic carbocycles. The molecule has 0 unspecified atom stereocenters. The Bertz CT molecular complexity index is 373. The van der Waals surface area contributed by atoms with Gasteiger partial charge in [-0.2, -0.15) is 0 Å². The number of nitrogens with zero attached hydrogens (tertiary/aromatic N) is 1. The second kappa shape index (κ2) is 7.49. The summed E-state index contributed by atoms with van der Waals surface area (Å²) in [5, 5.41) is 3.47. The summed E-state index contributed by atoms with van der Waals surface area (Å²) in [6.07, 6.45) is 10.4. The first-order valence-electron chi connectivity index (χ1n) is 7.56. The van der Waals surface area contributed by atoms with Crippen LogP contribution in [0.4, 0.5) is 0 Å². The highest BCUT2D eigenvalue weighted by atomic mass is 16.5. The van der Waals surface area contributed by atoms with Crippen LogP contribution in [-0.4, -0.2) is 17.6 Å². The van der Waals surface area contributed by atoms with Crippen LogP contribution in [0.2, 0.25) is 0 Å². The Morgan fingerprint density at radius 3 is 2.84 bits per heavy atom. The lowest BCUT2D eigenvalue weighted by atomic mass is 9.98. The Hall–Kier alpha value is -1.09. The summed E-state index contributed by atoms with van der Waals surface area (Å²) in [6.45, 7) is 6.34. The fourth-order valence-corrected chi connectivity index (χ4v) is 2.52. The number of hydrogen-bond acceptors (Lipinski definition) is 3. The van der Waals surface area contributed by atoms with Crippen LogP contribution < -0.4 is 10.1 Å². The molecule has 0 spiro atoms. The Morgan fingerprint density at radius 1 is 1.32 bits per heavy atom. The van der Waals surface area contributed by atoms with Crippen LogP contribution in [0.1, 0.15) is 51.5 Å². The lowest BCUT2D eigenvalue weighted by Crippen LogP contribution is -2.22. The van der Waals surface area contributed by atoms with Gasteiger partial charge in [0.1, 0.15) is 5.75 Å². The highest BCUT2D eigenvalue weighted by Crippen LogP contribution is 2.25. The summed E-state index contributed by atoms with van der Waals surface area (Å²) in [5.74, 6) is 1.63. The van der Waals surface area contributed by atoms with Crippen LogP contribution in [0.15, 0.2) is 18.5 Å². The largest absolute Gasteiger partial charge is 0.488 e. The maximum absolute atomic E-state index is 6.14. The predicted octanol–water partition coefficient (Wildman–Crippen LogP) is 3.54. The second-order valence-corrected chi connectivity index (χ2v) is 5.89. The number of hydrogen-bond donors (Lipinski definition) is 1. The van der Waals surface area contributed by atoms with Gasteiger partial charge in [0.2, 0.25) is 0 Å². The van der Waals surface area contributed by atoms with Crippen LogP contribution in [0, 0.1) is 5.92 Å². The maximum Gasteiger partial charge on any atom is 0.142 e. The summed E-state index contributed by atoms with van der Waals surface area (Å²) in [7, 11) is 0. The fourth-order valence-electron chi connectivity index (χ4n) is 2.52. The van der Waals surface area contributed by atoms with E-state index in [1.165, 1.54) is 37.7 Å². The van der Waals surface area contributed by atoms with Crippen molar-refractivity contribution in [3.05, 3.63) is 24.0 Å². The van der Waals surface area contributed by atoms with Crippen molar-refractivity contribution in [2.45, 2.75) is 58.6 Å². The predicted molar refractivity (Wildman–Crippen MR) is 78.3 cm³/mol. The van der Waals surface area contributed by atoms with Crippen molar-refractivity contribution < 1.29 is 4.74 Å². The average molecular weight is 262 g/mol. The molecule has 1 fully saturated rings. The molecule has 1 aromatic rings. The van der Waals surface area contributed by atoms with Gasteiger partial charge < -0.3 is 10.1 Å². The molecule has 1 N–H and O–H groups in total. The minimum absolute atomic E-state index is 0.391. The van der Waals surface area contributed by atoms with E-state index < -0.39 is 0 Å². The number of rotatable bonds is 6. The van der Waals surface area contributed by atoms with Crippen molar-refractivity contribution in [1.29, 1.82) is 0 Å². The van der Waals surface area contributed by atoms with Crippen LogP contribution in [0.3, 0.4) is 0 Å². The van der Waals surface area contributed by atoms with E-state index in [2.05, 4.69) is 30.2 Å². The third kappa shape index (κ3) is 4.83. The summed E-state index contributed by atoms with van der Waals surface area (Å²) in [6, 6.07) is 2.06. The molecule has 0 aliphatic heterocycles. The molecule has 0 atom stereocenters. The Balaban J connectivity index is 1.91. The highest BCUT2D eigenvalue weighted by Gasteiger charge is 2.16. The summed E-state index contributed by atoms with van der Waals surface area (Å²) in [4.78, 5) is 4.20. The SMILES string of the molecule is CC(C)CNCc1ccncc1OC1CCCCC1. The molecular formula is C16H26N2O. The molecule has 0 radical (unpaired) electrons. The van der Waals surface area contributed by atoms with E-state index >= 15 is 0 Å². The molecule has 1 saturated carbocycles. The third-order valence-corrected chi connectivity index (χ3v) is 3.58. The average Bonchev–Trinajstić information content (AvgIpc) is 2.41. The van der Waals surface area contributed by atoms with Crippen molar-refractivity contribution in [1.82, 2.24) is 10.3 Å². The van der Waals surface area contributed by atoms with Gasteiger partial charge in [-0.05, 0) is 44.2 Å². The molecule has 106 valence electrons. The molecule has 1 aliphatic rings. The summed E-state index contributed by atoms with van der Waals surface area (Å²) >= 11 is 0. The second-order valence-electron chi connectivity index (χ2n) is 5.89. The maximum atomic E-state index is 6.14. The summed E-state index contributed by atoms with van der Waals surface area (Å²) < 4.78 is 6.14. The molecule has 0 amide bonds. The van der Waals surface area contributed by atoms with Crippen molar-refractivity contribution in [2.24, 2.45) is 5.92 Å². The monoisotopic (exact) mass is 262 g/mol. The summed E-state index contributed by atoms with van der Waals surface area (Å²) in [5.41, 5.74) is 1.22. The van der Waals surface area contributed by atoms with Gasteiger partial charge in [0.15, 0.2) is 0 Å². The van der Waals surface area contributed by atoms with E-state index in [1.54, 1.807) is 0 Å². The number of pyridine rings is 1. The normalized spacial score (nSPS) is 16.8. The minimum Gasteiger partial charge on any atom is -0.488 e. The van der Waals surface area contributed by atoms with Gasteiger partial charge in [-0.1, -0.05) is 20.3 Å². The molecule has 1 aliphatic carbocycles. The van der Waals surface area contributed by atoms with Gasteiger partial charge >= 0.3 is 0 Å². The molecule has 0 saturated heterocycles. The number of nitrogens with one attached hydrogen (secondary N) is 1. The molecule has 2 rings (SSSR count). The molecule has 3 heteroatoms. The molecule has 1 aromatic heterocycles. The lowest BCUT2D eigenvalue weighted by molar-refractivity contribution is 0.152. The Labute approximate surface area is 116 Å². The fraction of sp³-hybridized carbons (Fsp3) is 0.688. The van der Waals surface area contributed by atoms with Crippen molar-refractivity contribution in [2.75, 3.05) is 6.54 Å². The van der Waals surface area contributed by atoms with E-state index in [1.807, 2.05) is 12.4 Å². The van der Waals surface area contributed by atoms with Gasteiger partial charge in [0.25, 0.3) is 0 Å². The van der Waals surface area contributed by atoms with E-state index in [0.29, 0.717) is 12.0 Å². The zero-order valence-corrected chi connectivity index (χ0v) is 12.2. The van der Waals surface area contributed by atoms with E-state index in [9.17, 15) is 0 Å². The standard InChI is InChI=1S/C16H26N2O/c1-13(2)10-18-11-14-8-9-17-12-16(14)19-15-6-4-3-5-7-15/h8-9,12-13,15,18H,3-7,10-11H2,1-2H3. The lowest BCUT2D eigenvalue weighted by Gasteiger charge is -2.24. The van der Waals surface area contributed by atoms with Crippen molar-refractivity contribution in [3.8, 4) is 5.75 Å². The minimum atomic E-state index is 0.391. The van der Waals surface area contributed by atoms with E-state index in [0.717, 1.165) is 18.8 Å². The Kier molecular flexibility index (Phi) is 5.64. The first-order chi connectivity index (χ1) is 9.25. The first kappa shape index (κ1) is 14.3. The van der Waals surface area contributed by atoms with Gasteiger partial charge in [-0.3, -0.25) is 4.98 Å².